The van der Waals surface area contributed by atoms with Crippen molar-refractivity contribution in [1.82, 2.24) is 0 Å². The van der Waals surface area contributed by atoms with Gasteiger partial charge < -0.3 is 5.11 Å². The SMILES string of the molecule is C=C1CC[C@@H](C(C)C)C[C@@]12CCC[C@@]2(C)O. The summed E-state index contributed by atoms with van der Waals surface area (Å²) in [6.07, 6.45) is 6.83. The van der Waals surface area contributed by atoms with Crippen LogP contribution in [0.15, 0.2) is 12.2 Å². The summed E-state index contributed by atoms with van der Waals surface area (Å²) < 4.78 is 0. The van der Waals surface area contributed by atoms with Gasteiger partial charge in [-0.25, -0.2) is 0 Å². The van der Waals surface area contributed by atoms with E-state index in [1.807, 2.05) is 6.92 Å². The van der Waals surface area contributed by atoms with Gasteiger partial charge in [0, 0.05) is 5.41 Å². The Bertz CT molecular complexity index is 290. The maximum atomic E-state index is 10.7. The Morgan fingerprint density at radius 2 is 2.06 bits per heavy atom. The minimum absolute atomic E-state index is 0.0419. The van der Waals surface area contributed by atoms with Crippen LogP contribution in [-0.2, 0) is 0 Å². The van der Waals surface area contributed by atoms with E-state index in [0.717, 1.165) is 43.9 Å². The van der Waals surface area contributed by atoms with Crippen molar-refractivity contribution in [3.63, 3.8) is 0 Å². The fraction of sp³-hybridized carbons (Fsp3) is 0.867. The van der Waals surface area contributed by atoms with Gasteiger partial charge in [-0.2, -0.15) is 0 Å². The molecule has 2 fully saturated rings. The lowest BCUT2D eigenvalue weighted by molar-refractivity contribution is -0.0509. The molecule has 0 radical (unpaired) electrons. The van der Waals surface area contributed by atoms with E-state index in [1.165, 1.54) is 12.0 Å². The van der Waals surface area contributed by atoms with Crippen LogP contribution >= 0.6 is 0 Å². The second-order valence-corrected chi connectivity index (χ2v) is 6.56. The summed E-state index contributed by atoms with van der Waals surface area (Å²) in [5, 5.41) is 10.7. The lowest BCUT2D eigenvalue weighted by atomic mass is 9.58. The molecule has 2 aliphatic carbocycles. The van der Waals surface area contributed by atoms with Crippen LogP contribution in [0.25, 0.3) is 0 Å². The molecule has 16 heavy (non-hydrogen) atoms. The standard InChI is InChI=1S/C15H26O/c1-11(2)13-7-6-12(3)15(10-13)9-5-8-14(15,4)16/h11,13,16H,3,5-10H2,1-2,4H3/t13-,14-,15+/m1/s1. The molecule has 0 aromatic carbocycles. The van der Waals surface area contributed by atoms with E-state index in [-0.39, 0.29) is 5.41 Å². The highest BCUT2D eigenvalue weighted by molar-refractivity contribution is 5.23. The van der Waals surface area contributed by atoms with Gasteiger partial charge >= 0.3 is 0 Å². The van der Waals surface area contributed by atoms with Crippen molar-refractivity contribution in [3.05, 3.63) is 12.2 Å². The second kappa shape index (κ2) is 3.87. The van der Waals surface area contributed by atoms with Crippen LogP contribution in [0, 0.1) is 17.3 Å². The van der Waals surface area contributed by atoms with E-state index in [1.54, 1.807) is 0 Å². The lowest BCUT2D eigenvalue weighted by Gasteiger charge is -2.48. The number of aliphatic hydroxyl groups is 1. The average Bonchev–Trinajstić information content (AvgIpc) is 2.47. The van der Waals surface area contributed by atoms with Gasteiger partial charge in [-0.15, -0.1) is 0 Å². The Balaban J connectivity index is 2.27. The average molecular weight is 222 g/mol. The largest absolute Gasteiger partial charge is 0.389 e. The smallest absolute Gasteiger partial charge is 0.0712 e. The monoisotopic (exact) mass is 222 g/mol. The summed E-state index contributed by atoms with van der Waals surface area (Å²) in [6, 6.07) is 0. The summed E-state index contributed by atoms with van der Waals surface area (Å²) >= 11 is 0. The van der Waals surface area contributed by atoms with Crippen molar-refractivity contribution < 1.29 is 5.11 Å². The van der Waals surface area contributed by atoms with E-state index < -0.39 is 5.60 Å². The van der Waals surface area contributed by atoms with Gasteiger partial charge in [0.25, 0.3) is 0 Å². The van der Waals surface area contributed by atoms with Gasteiger partial charge in [0.05, 0.1) is 5.60 Å². The van der Waals surface area contributed by atoms with E-state index in [4.69, 9.17) is 0 Å². The van der Waals surface area contributed by atoms with Crippen molar-refractivity contribution in [1.29, 1.82) is 0 Å². The molecular formula is C15H26O. The van der Waals surface area contributed by atoms with Crippen LogP contribution in [0.3, 0.4) is 0 Å². The summed E-state index contributed by atoms with van der Waals surface area (Å²) in [7, 11) is 0. The van der Waals surface area contributed by atoms with Gasteiger partial charge in [-0.05, 0) is 57.3 Å². The molecule has 0 aromatic rings. The third-order valence-electron chi connectivity index (χ3n) is 5.35. The van der Waals surface area contributed by atoms with Crippen molar-refractivity contribution in [3.8, 4) is 0 Å². The van der Waals surface area contributed by atoms with E-state index in [0.29, 0.717) is 0 Å². The molecule has 0 saturated heterocycles. The minimum atomic E-state index is -0.502. The van der Waals surface area contributed by atoms with E-state index in [9.17, 15) is 5.11 Å². The predicted octanol–water partition coefficient (Wildman–Crippen LogP) is 3.92. The fourth-order valence-corrected chi connectivity index (χ4v) is 3.98. The molecule has 1 heteroatoms. The molecule has 0 aliphatic heterocycles. The zero-order chi connectivity index (χ0) is 12.0. The van der Waals surface area contributed by atoms with Crippen molar-refractivity contribution in [2.24, 2.45) is 17.3 Å². The Kier molecular flexibility index (Phi) is 2.94. The first kappa shape index (κ1) is 12.2. The zero-order valence-electron chi connectivity index (χ0n) is 11.1. The first-order chi connectivity index (χ1) is 7.39. The maximum absolute atomic E-state index is 10.7. The summed E-state index contributed by atoms with van der Waals surface area (Å²) in [5.74, 6) is 1.51. The molecule has 1 nitrogen and oxygen atoms in total. The maximum Gasteiger partial charge on any atom is 0.0712 e. The van der Waals surface area contributed by atoms with Crippen molar-refractivity contribution in [2.45, 2.75) is 64.9 Å². The molecular weight excluding hydrogens is 196 g/mol. The highest BCUT2D eigenvalue weighted by Crippen LogP contribution is 2.59. The molecule has 1 spiro atoms. The molecule has 1 N–H and O–H groups in total. The molecule has 3 atom stereocenters. The third kappa shape index (κ3) is 1.64. The zero-order valence-corrected chi connectivity index (χ0v) is 11.1. The quantitative estimate of drug-likeness (QED) is 0.667. The minimum Gasteiger partial charge on any atom is -0.389 e. The third-order valence-corrected chi connectivity index (χ3v) is 5.35. The molecule has 0 aromatic heterocycles. The normalized spacial score (nSPS) is 44.6. The Morgan fingerprint density at radius 1 is 1.38 bits per heavy atom. The van der Waals surface area contributed by atoms with E-state index in [2.05, 4.69) is 20.4 Å². The van der Waals surface area contributed by atoms with E-state index >= 15 is 0 Å². The first-order valence-corrected chi connectivity index (χ1v) is 6.80. The van der Waals surface area contributed by atoms with Crippen molar-refractivity contribution in [2.75, 3.05) is 0 Å². The van der Waals surface area contributed by atoms with Gasteiger partial charge in [-0.3, -0.25) is 0 Å². The number of hydrogen-bond donors (Lipinski definition) is 1. The van der Waals surface area contributed by atoms with Crippen LogP contribution in [0.1, 0.15) is 59.3 Å². The summed E-state index contributed by atoms with van der Waals surface area (Å²) in [5.41, 5.74) is 0.865. The van der Waals surface area contributed by atoms with Crippen LogP contribution in [0.5, 0.6) is 0 Å². The van der Waals surface area contributed by atoms with Gasteiger partial charge in [-0.1, -0.05) is 26.0 Å². The summed E-state index contributed by atoms with van der Waals surface area (Å²) in [4.78, 5) is 0. The topological polar surface area (TPSA) is 20.2 Å². The molecule has 0 amide bonds. The van der Waals surface area contributed by atoms with Crippen LogP contribution in [0.4, 0.5) is 0 Å². The Morgan fingerprint density at radius 3 is 2.56 bits per heavy atom. The molecule has 0 unspecified atom stereocenters. The van der Waals surface area contributed by atoms with Gasteiger partial charge in [0.1, 0.15) is 0 Å². The number of rotatable bonds is 1. The van der Waals surface area contributed by atoms with Crippen molar-refractivity contribution >= 4 is 0 Å². The van der Waals surface area contributed by atoms with Crippen LogP contribution in [0.2, 0.25) is 0 Å². The molecule has 0 bridgehead atoms. The van der Waals surface area contributed by atoms with Crippen LogP contribution in [-0.4, -0.2) is 10.7 Å². The van der Waals surface area contributed by atoms with Gasteiger partial charge in [0.15, 0.2) is 0 Å². The number of hydrogen-bond acceptors (Lipinski definition) is 1. The molecule has 2 rings (SSSR count). The predicted molar refractivity (Wildman–Crippen MR) is 68.2 cm³/mol. The highest BCUT2D eigenvalue weighted by Gasteiger charge is 2.54. The summed E-state index contributed by atoms with van der Waals surface area (Å²) in [6.45, 7) is 10.9. The molecule has 92 valence electrons. The highest BCUT2D eigenvalue weighted by atomic mass is 16.3. The molecule has 2 aliphatic rings. The second-order valence-electron chi connectivity index (χ2n) is 6.56. The van der Waals surface area contributed by atoms with Gasteiger partial charge in [0.2, 0.25) is 0 Å². The Hall–Kier alpha value is -0.300. The lowest BCUT2D eigenvalue weighted by Crippen LogP contribution is -2.46. The fourth-order valence-electron chi connectivity index (χ4n) is 3.98. The molecule has 2 saturated carbocycles. The van der Waals surface area contributed by atoms with Crippen LogP contribution < -0.4 is 0 Å². The Labute approximate surface area is 99.9 Å². The first-order valence-electron chi connectivity index (χ1n) is 6.80. The molecule has 0 heterocycles.